The minimum Gasteiger partial charge on any atom is -0.379 e. The van der Waals surface area contributed by atoms with E-state index >= 15 is 0 Å². The first-order valence-electron chi connectivity index (χ1n) is 8.72. The van der Waals surface area contributed by atoms with Gasteiger partial charge >= 0.3 is 0 Å². The predicted octanol–water partition coefficient (Wildman–Crippen LogP) is 1.84. The molecule has 1 saturated heterocycles. The second-order valence-corrected chi connectivity index (χ2v) is 8.15. The van der Waals surface area contributed by atoms with Crippen molar-refractivity contribution in [3.8, 4) is 0 Å². The number of hydrogen-bond acceptors (Lipinski definition) is 4. The van der Waals surface area contributed by atoms with Gasteiger partial charge in [-0.3, -0.25) is 4.79 Å². The van der Waals surface area contributed by atoms with E-state index in [4.69, 9.17) is 4.74 Å². The van der Waals surface area contributed by atoms with E-state index < -0.39 is 10.0 Å². The summed E-state index contributed by atoms with van der Waals surface area (Å²) in [5.74, 6) is -0.708. The molecule has 9 heteroatoms. The van der Waals surface area contributed by atoms with Gasteiger partial charge in [-0.15, -0.1) is 0 Å². The van der Waals surface area contributed by atoms with Gasteiger partial charge in [-0.05, 0) is 30.7 Å². The van der Waals surface area contributed by atoms with Crippen LogP contribution < -0.4 is 0 Å². The van der Waals surface area contributed by atoms with Crippen molar-refractivity contribution in [1.82, 2.24) is 14.2 Å². The molecule has 0 bridgehead atoms. The molecule has 1 amide bonds. The number of benzene rings is 1. The molecule has 1 aromatic carbocycles. The second-order valence-electron chi connectivity index (χ2n) is 6.21. The third-order valence-electron chi connectivity index (χ3n) is 4.43. The van der Waals surface area contributed by atoms with Crippen molar-refractivity contribution < 1.29 is 22.3 Å². The van der Waals surface area contributed by atoms with E-state index in [0.29, 0.717) is 25.3 Å². The summed E-state index contributed by atoms with van der Waals surface area (Å²) in [5.41, 5.74) is 0.845. The first-order valence-corrected chi connectivity index (χ1v) is 10.2. The number of aromatic nitrogens is 1. The average Bonchev–Trinajstić information content (AvgIpc) is 3.17. The summed E-state index contributed by atoms with van der Waals surface area (Å²) < 4.78 is 45.2. The largest absolute Gasteiger partial charge is 0.379 e. The predicted molar refractivity (Wildman–Crippen MR) is 97.2 cm³/mol. The molecular weight excluding hydrogens is 373 g/mol. The summed E-state index contributed by atoms with van der Waals surface area (Å²) in [5, 5.41) is 0. The number of rotatable bonds is 6. The number of morpholine rings is 1. The van der Waals surface area contributed by atoms with Crippen LogP contribution >= 0.6 is 0 Å². The van der Waals surface area contributed by atoms with Gasteiger partial charge in [-0.2, -0.15) is 4.31 Å². The van der Waals surface area contributed by atoms with Crippen molar-refractivity contribution in [2.75, 3.05) is 32.8 Å². The number of ether oxygens (including phenoxy) is 1. The lowest BCUT2D eigenvalue weighted by Gasteiger charge is -2.25. The first-order chi connectivity index (χ1) is 12.9. The number of H-pyrrole nitrogens is 1. The Bertz CT molecular complexity index is 907. The summed E-state index contributed by atoms with van der Waals surface area (Å²) in [6.07, 6.45) is 1.33. The summed E-state index contributed by atoms with van der Waals surface area (Å²) >= 11 is 0. The van der Waals surface area contributed by atoms with Crippen LogP contribution in [0.15, 0.2) is 41.4 Å². The highest BCUT2D eigenvalue weighted by Crippen LogP contribution is 2.19. The number of halogens is 1. The third-order valence-corrected chi connectivity index (χ3v) is 6.30. The molecule has 7 nitrogen and oxygen atoms in total. The minimum atomic E-state index is -3.67. The molecule has 0 radical (unpaired) electrons. The average molecular weight is 395 g/mol. The van der Waals surface area contributed by atoms with Crippen LogP contribution in [0.1, 0.15) is 23.0 Å². The number of nitrogens with one attached hydrogen (secondary N) is 1. The van der Waals surface area contributed by atoms with Crippen molar-refractivity contribution in [3.05, 3.63) is 53.6 Å². The Morgan fingerprint density at radius 1 is 1.30 bits per heavy atom. The Hall–Kier alpha value is -2.23. The standard InChI is InChI=1S/C18H22FN3O4S/c1-2-21(13-14-4-3-5-15(19)10-14)18(23)17-11-16(12-20-17)27(24,25)22-6-8-26-9-7-22/h3-5,10-12,20H,2,6-9,13H2,1H3. The Balaban J connectivity index is 1.76. The van der Waals surface area contributed by atoms with E-state index in [2.05, 4.69) is 4.98 Å². The molecule has 2 aromatic rings. The third kappa shape index (κ3) is 4.37. The number of carbonyl (C=O) groups excluding carboxylic acids is 1. The van der Waals surface area contributed by atoms with Crippen LogP contribution in [0.4, 0.5) is 4.39 Å². The number of carbonyl (C=O) groups is 1. The molecule has 0 spiro atoms. The van der Waals surface area contributed by atoms with E-state index in [1.165, 1.54) is 33.6 Å². The van der Waals surface area contributed by atoms with E-state index in [1.54, 1.807) is 12.1 Å². The number of aromatic amines is 1. The van der Waals surface area contributed by atoms with Crippen molar-refractivity contribution in [1.29, 1.82) is 0 Å². The number of sulfonamides is 1. The van der Waals surface area contributed by atoms with Gasteiger partial charge in [0.05, 0.1) is 13.2 Å². The highest BCUT2D eigenvalue weighted by molar-refractivity contribution is 7.89. The van der Waals surface area contributed by atoms with E-state index in [-0.39, 0.29) is 41.9 Å². The smallest absolute Gasteiger partial charge is 0.270 e. The van der Waals surface area contributed by atoms with Gasteiger partial charge in [-0.25, -0.2) is 12.8 Å². The van der Waals surface area contributed by atoms with E-state index in [1.807, 2.05) is 6.92 Å². The Morgan fingerprint density at radius 2 is 2.04 bits per heavy atom. The molecule has 27 heavy (non-hydrogen) atoms. The molecule has 3 rings (SSSR count). The topological polar surface area (TPSA) is 82.7 Å². The summed E-state index contributed by atoms with van der Waals surface area (Å²) in [7, 11) is -3.67. The number of nitrogens with zero attached hydrogens (tertiary/aromatic N) is 2. The zero-order chi connectivity index (χ0) is 19.4. The Kier molecular flexibility index (Phi) is 5.93. The van der Waals surface area contributed by atoms with Gasteiger partial charge in [-0.1, -0.05) is 12.1 Å². The molecule has 0 saturated carbocycles. The summed E-state index contributed by atoms with van der Waals surface area (Å²) in [6, 6.07) is 7.39. The van der Waals surface area contributed by atoms with Crippen molar-refractivity contribution in [2.45, 2.75) is 18.4 Å². The molecule has 1 fully saturated rings. The first kappa shape index (κ1) is 19.5. The van der Waals surface area contributed by atoms with Crippen molar-refractivity contribution >= 4 is 15.9 Å². The maximum absolute atomic E-state index is 13.4. The SMILES string of the molecule is CCN(Cc1cccc(F)c1)C(=O)c1cc(S(=O)(=O)N2CCOCC2)c[nH]1. The maximum atomic E-state index is 13.4. The minimum absolute atomic E-state index is 0.0505. The van der Waals surface area contributed by atoms with Gasteiger partial charge in [0.2, 0.25) is 10.0 Å². The molecule has 2 heterocycles. The van der Waals surface area contributed by atoms with Gasteiger partial charge in [0, 0.05) is 32.4 Å². The van der Waals surface area contributed by atoms with Gasteiger partial charge in [0.25, 0.3) is 5.91 Å². The highest BCUT2D eigenvalue weighted by atomic mass is 32.2. The van der Waals surface area contributed by atoms with Crippen molar-refractivity contribution in [2.24, 2.45) is 0 Å². The molecule has 1 aliphatic heterocycles. The maximum Gasteiger partial charge on any atom is 0.270 e. The van der Waals surface area contributed by atoms with Crippen molar-refractivity contribution in [3.63, 3.8) is 0 Å². The molecule has 1 aliphatic rings. The fraction of sp³-hybridized carbons (Fsp3) is 0.389. The lowest BCUT2D eigenvalue weighted by Crippen LogP contribution is -2.40. The van der Waals surface area contributed by atoms with Crippen LogP contribution in [0.5, 0.6) is 0 Å². The zero-order valence-corrected chi connectivity index (χ0v) is 15.8. The highest BCUT2D eigenvalue weighted by Gasteiger charge is 2.28. The van der Waals surface area contributed by atoms with Gasteiger partial charge < -0.3 is 14.6 Å². The van der Waals surface area contributed by atoms with Crippen LogP contribution in [-0.2, 0) is 21.3 Å². The fourth-order valence-corrected chi connectivity index (χ4v) is 4.34. The van der Waals surface area contributed by atoms with Crippen LogP contribution in [0, 0.1) is 5.82 Å². The Labute approximate surface area is 157 Å². The van der Waals surface area contributed by atoms with Gasteiger partial charge in [0.1, 0.15) is 16.4 Å². The Morgan fingerprint density at radius 3 is 2.70 bits per heavy atom. The summed E-state index contributed by atoms with van der Waals surface area (Å²) in [4.78, 5) is 17.1. The zero-order valence-electron chi connectivity index (χ0n) is 15.0. The quantitative estimate of drug-likeness (QED) is 0.809. The van der Waals surface area contributed by atoms with E-state index in [0.717, 1.165) is 0 Å². The molecule has 0 aliphatic carbocycles. The monoisotopic (exact) mass is 395 g/mol. The summed E-state index contributed by atoms with van der Waals surface area (Å²) in [6.45, 7) is 3.73. The van der Waals surface area contributed by atoms with Crippen LogP contribution in [0.2, 0.25) is 0 Å². The van der Waals surface area contributed by atoms with Crippen LogP contribution in [0.3, 0.4) is 0 Å². The molecular formula is C18H22FN3O4S. The molecule has 1 aromatic heterocycles. The lowest BCUT2D eigenvalue weighted by atomic mass is 10.2. The molecule has 1 N–H and O–H groups in total. The van der Waals surface area contributed by atoms with Gasteiger partial charge in [0.15, 0.2) is 0 Å². The molecule has 0 unspecified atom stereocenters. The van der Waals surface area contributed by atoms with Crippen LogP contribution in [0.25, 0.3) is 0 Å². The lowest BCUT2D eigenvalue weighted by molar-refractivity contribution is 0.0730. The second kappa shape index (κ2) is 8.20. The number of amides is 1. The van der Waals surface area contributed by atoms with Crippen LogP contribution in [-0.4, -0.2) is 61.4 Å². The molecule has 146 valence electrons. The normalized spacial score (nSPS) is 15.6. The molecule has 0 atom stereocenters. The fourth-order valence-electron chi connectivity index (χ4n) is 2.94. The number of hydrogen-bond donors (Lipinski definition) is 1. The van der Waals surface area contributed by atoms with E-state index in [9.17, 15) is 17.6 Å².